The van der Waals surface area contributed by atoms with Crippen LogP contribution in [0, 0.1) is 6.92 Å². The van der Waals surface area contributed by atoms with E-state index in [1.807, 2.05) is 61.5 Å². The fourth-order valence-corrected chi connectivity index (χ4v) is 5.35. The molecule has 15 nitrogen and oxygen atoms in total. The maximum absolute atomic E-state index is 10.4. The number of ether oxygens (including phenoxy) is 13. The Balaban J connectivity index is 0.000000395. The molecule has 63 heavy (non-hydrogen) atoms. The Morgan fingerprint density at radius 2 is 0.794 bits per heavy atom. The van der Waals surface area contributed by atoms with Gasteiger partial charge < -0.3 is 66.7 Å². The van der Waals surface area contributed by atoms with Gasteiger partial charge in [0.2, 0.25) is 0 Å². The number of aldehydes is 1. The zero-order valence-corrected chi connectivity index (χ0v) is 38.9. The summed E-state index contributed by atoms with van der Waals surface area (Å²) in [5.74, 6) is 6.90. The molecule has 0 heterocycles. The monoisotopic (exact) mass is 880 g/mol. The number of hydrogen-bond acceptors (Lipinski definition) is 15. The molecule has 0 bridgehead atoms. The SMILES string of the molecule is COCc1ccc(OC)c(OC)c1.COc1ccc(C(OC)OC)cc1OC.COc1ccc(C)cc1OC.COc1ccc(C=O)cc1OC.COc1ccc(CO)cc1OC. The standard InChI is InChI=1S/C11H16O4.C10H14O3.C9H12O3.C9H10O3.C9H12O2/c1-12-9-6-5-8(7-10(9)13-2)11(14-3)15-4;1-11-7-8-4-5-9(12-2)10(6-8)13-3;2*1-11-8-4-3-7(6-10)5-9(8)12-2;1-7-4-5-8(10-2)9(6-7)11-3/h5-7,11H,1-4H3;4-6H,7H2,1-3H3;3-5,10H,6H2,1-2H3;3-6H,1-2H3;4-6H,1-3H3. The molecule has 15 heteroatoms. The van der Waals surface area contributed by atoms with Gasteiger partial charge in [0.05, 0.1) is 84.3 Å². The summed E-state index contributed by atoms with van der Waals surface area (Å²) >= 11 is 0. The summed E-state index contributed by atoms with van der Waals surface area (Å²) in [4.78, 5) is 10.4. The van der Waals surface area contributed by atoms with Gasteiger partial charge in [0.15, 0.2) is 63.8 Å². The van der Waals surface area contributed by atoms with Crippen LogP contribution >= 0.6 is 0 Å². The first-order valence-corrected chi connectivity index (χ1v) is 19.1. The summed E-state index contributed by atoms with van der Waals surface area (Å²) in [6.45, 7) is 2.61. The van der Waals surface area contributed by atoms with Gasteiger partial charge in [-0.15, -0.1) is 0 Å². The van der Waals surface area contributed by atoms with Crippen molar-refractivity contribution < 1.29 is 71.5 Å². The number of aliphatic hydroxyl groups excluding tert-OH is 1. The first-order chi connectivity index (χ1) is 30.5. The number of carbonyl (C=O) groups excluding carboxylic acids is 1. The third-order valence-corrected chi connectivity index (χ3v) is 8.58. The highest BCUT2D eigenvalue weighted by Crippen LogP contribution is 2.32. The second kappa shape index (κ2) is 31.5. The van der Waals surface area contributed by atoms with Crippen LogP contribution in [0.25, 0.3) is 0 Å². The van der Waals surface area contributed by atoms with Gasteiger partial charge in [0, 0.05) is 32.5 Å². The number of aryl methyl sites for hydroxylation is 1. The Kier molecular flexibility index (Phi) is 27.3. The van der Waals surface area contributed by atoms with Gasteiger partial charge in [0.25, 0.3) is 0 Å². The maximum atomic E-state index is 10.4. The van der Waals surface area contributed by atoms with E-state index >= 15 is 0 Å². The second-order valence-corrected chi connectivity index (χ2v) is 12.5. The first-order valence-electron chi connectivity index (χ1n) is 19.1. The van der Waals surface area contributed by atoms with Crippen molar-refractivity contribution in [1.29, 1.82) is 0 Å². The average Bonchev–Trinajstić information content (AvgIpc) is 3.34. The molecule has 0 aliphatic rings. The van der Waals surface area contributed by atoms with E-state index in [9.17, 15) is 4.79 Å². The number of rotatable bonds is 17. The van der Waals surface area contributed by atoms with Gasteiger partial charge in [-0.1, -0.05) is 24.3 Å². The van der Waals surface area contributed by atoms with Crippen LogP contribution < -0.4 is 47.4 Å². The van der Waals surface area contributed by atoms with E-state index < -0.39 is 0 Å². The van der Waals surface area contributed by atoms with E-state index in [2.05, 4.69) is 0 Å². The van der Waals surface area contributed by atoms with Crippen LogP contribution in [0.5, 0.6) is 57.5 Å². The molecule has 0 unspecified atom stereocenters. The molecule has 0 radical (unpaired) electrons. The van der Waals surface area contributed by atoms with Gasteiger partial charge in [-0.2, -0.15) is 0 Å². The minimum Gasteiger partial charge on any atom is -0.493 e. The summed E-state index contributed by atoms with van der Waals surface area (Å²) in [7, 11) is 20.8. The van der Waals surface area contributed by atoms with E-state index in [4.69, 9.17) is 66.7 Å². The quantitative estimate of drug-likeness (QED) is 0.0699. The molecular weight excluding hydrogens is 817 g/mol. The van der Waals surface area contributed by atoms with Crippen molar-refractivity contribution in [3.8, 4) is 57.5 Å². The van der Waals surface area contributed by atoms with E-state index in [1.54, 1.807) is 122 Å². The fourth-order valence-electron chi connectivity index (χ4n) is 5.35. The lowest BCUT2D eigenvalue weighted by atomic mass is 10.2. The first kappa shape index (κ1) is 54.6. The molecule has 1 N–H and O–H groups in total. The Hall–Kier alpha value is -6.39. The molecule has 346 valence electrons. The van der Waals surface area contributed by atoms with Crippen LogP contribution in [0.2, 0.25) is 0 Å². The van der Waals surface area contributed by atoms with Crippen molar-refractivity contribution in [3.05, 3.63) is 119 Å². The molecule has 0 fully saturated rings. The van der Waals surface area contributed by atoms with Crippen molar-refractivity contribution in [3.63, 3.8) is 0 Å². The zero-order valence-electron chi connectivity index (χ0n) is 38.9. The Morgan fingerprint density at radius 3 is 1.21 bits per heavy atom. The lowest BCUT2D eigenvalue weighted by Crippen LogP contribution is -2.04. The van der Waals surface area contributed by atoms with Crippen LogP contribution in [-0.2, 0) is 27.4 Å². The highest BCUT2D eigenvalue weighted by molar-refractivity contribution is 5.76. The Bertz CT molecular complexity index is 2030. The van der Waals surface area contributed by atoms with Crippen molar-refractivity contribution in [2.45, 2.75) is 26.4 Å². The summed E-state index contributed by atoms with van der Waals surface area (Å²) in [5.41, 5.74) is 4.51. The predicted molar refractivity (Wildman–Crippen MR) is 241 cm³/mol. The third-order valence-electron chi connectivity index (χ3n) is 8.58. The smallest absolute Gasteiger partial charge is 0.183 e. The number of aliphatic hydroxyl groups is 1. The highest BCUT2D eigenvalue weighted by atomic mass is 16.7. The molecule has 0 aliphatic heterocycles. The summed E-state index contributed by atoms with van der Waals surface area (Å²) in [5, 5.41) is 8.82. The molecular formula is C48H64O15. The number of carbonyl (C=O) groups is 1. The predicted octanol–water partition coefficient (Wildman–Crippen LogP) is 8.57. The molecule has 0 amide bonds. The van der Waals surface area contributed by atoms with Crippen molar-refractivity contribution in [2.24, 2.45) is 0 Å². The van der Waals surface area contributed by atoms with Crippen LogP contribution in [0.15, 0.2) is 91.0 Å². The molecule has 0 spiro atoms. The van der Waals surface area contributed by atoms with Crippen LogP contribution in [0.3, 0.4) is 0 Å². The van der Waals surface area contributed by atoms with Gasteiger partial charge in [-0.3, -0.25) is 4.79 Å². The normalized spacial score (nSPS) is 9.71. The number of hydrogen-bond donors (Lipinski definition) is 1. The topological polar surface area (TPSA) is 157 Å². The van der Waals surface area contributed by atoms with Gasteiger partial charge in [-0.25, -0.2) is 0 Å². The zero-order chi connectivity index (χ0) is 47.2. The lowest BCUT2D eigenvalue weighted by Gasteiger charge is -2.15. The van der Waals surface area contributed by atoms with Gasteiger partial charge in [0.1, 0.15) is 6.29 Å². The molecule has 0 aliphatic carbocycles. The summed E-state index contributed by atoms with van der Waals surface area (Å²) in [6, 6.07) is 27.4. The molecule has 0 saturated carbocycles. The van der Waals surface area contributed by atoms with E-state index in [1.165, 1.54) is 12.7 Å². The largest absolute Gasteiger partial charge is 0.493 e. The maximum Gasteiger partial charge on any atom is 0.183 e. The number of benzene rings is 5. The highest BCUT2D eigenvalue weighted by Gasteiger charge is 2.12. The van der Waals surface area contributed by atoms with Crippen molar-refractivity contribution in [1.82, 2.24) is 0 Å². The molecule has 5 aromatic carbocycles. The number of methoxy groups -OCH3 is 13. The molecule has 5 aromatic rings. The van der Waals surface area contributed by atoms with E-state index in [-0.39, 0.29) is 12.9 Å². The van der Waals surface area contributed by atoms with Crippen LogP contribution in [-0.4, -0.2) is 104 Å². The van der Waals surface area contributed by atoms with Crippen molar-refractivity contribution in [2.75, 3.05) is 92.4 Å². The third kappa shape index (κ3) is 18.2. The van der Waals surface area contributed by atoms with Crippen molar-refractivity contribution >= 4 is 6.29 Å². The van der Waals surface area contributed by atoms with E-state index in [0.29, 0.717) is 46.7 Å². The molecule has 0 aromatic heterocycles. The van der Waals surface area contributed by atoms with Gasteiger partial charge in [-0.05, 0) is 90.3 Å². The summed E-state index contributed by atoms with van der Waals surface area (Å²) in [6.07, 6.45) is 0.381. The summed E-state index contributed by atoms with van der Waals surface area (Å²) < 4.78 is 66.1. The van der Waals surface area contributed by atoms with E-state index in [0.717, 1.165) is 46.0 Å². The average molecular weight is 881 g/mol. The molecule has 0 saturated heterocycles. The Morgan fingerprint density at radius 1 is 0.429 bits per heavy atom. The Labute approximate surface area is 372 Å². The lowest BCUT2D eigenvalue weighted by molar-refractivity contribution is -0.106. The minimum atomic E-state index is -0.384. The molecule has 0 atom stereocenters. The van der Waals surface area contributed by atoms with Crippen LogP contribution in [0.4, 0.5) is 0 Å². The molecule has 5 rings (SSSR count). The van der Waals surface area contributed by atoms with Crippen LogP contribution in [0.1, 0.15) is 38.9 Å². The second-order valence-electron chi connectivity index (χ2n) is 12.5. The minimum absolute atomic E-state index is 0.0142. The van der Waals surface area contributed by atoms with Gasteiger partial charge >= 0.3 is 0 Å². The fraction of sp³-hybridized carbons (Fsp3) is 0.354.